The van der Waals surface area contributed by atoms with E-state index in [-0.39, 0.29) is 31.0 Å². The highest BCUT2D eigenvalue weighted by Crippen LogP contribution is 2.42. The molecule has 1 fully saturated rings. The van der Waals surface area contributed by atoms with Gasteiger partial charge in [-0.3, -0.25) is 9.59 Å². The van der Waals surface area contributed by atoms with E-state index in [1.165, 1.54) is 0 Å². The van der Waals surface area contributed by atoms with Crippen molar-refractivity contribution in [3.8, 4) is 23.8 Å². The fourth-order valence-corrected chi connectivity index (χ4v) is 6.04. The van der Waals surface area contributed by atoms with Gasteiger partial charge in [0, 0.05) is 32.4 Å². The molecule has 0 spiro atoms. The number of hydrogen-bond donors (Lipinski definition) is 2. The van der Waals surface area contributed by atoms with Crippen molar-refractivity contribution in [2.45, 2.75) is 69.1 Å². The molecule has 1 unspecified atom stereocenters. The van der Waals surface area contributed by atoms with Crippen LogP contribution in [-0.4, -0.2) is 67.9 Å². The lowest BCUT2D eigenvalue weighted by molar-refractivity contribution is -0.134. The number of ether oxygens (including phenoxy) is 3. The van der Waals surface area contributed by atoms with E-state index < -0.39 is 11.7 Å². The highest BCUT2D eigenvalue weighted by Gasteiger charge is 2.41. The Morgan fingerprint density at radius 1 is 0.870 bits per heavy atom. The van der Waals surface area contributed by atoms with E-state index in [2.05, 4.69) is 11.2 Å². The molecule has 8 heteroatoms. The van der Waals surface area contributed by atoms with Crippen LogP contribution in [0.4, 0.5) is 0 Å². The number of likely N-dealkylation sites (tertiary alicyclic amines) is 1. The molecule has 0 saturated carbocycles. The Hall–Kier alpha value is -4.32. The third-order valence-electron chi connectivity index (χ3n) is 8.49. The van der Waals surface area contributed by atoms with Crippen LogP contribution >= 0.6 is 0 Å². The van der Waals surface area contributed by atoms with Crippen molar-refractivity contribution in [3.63, 3.8) is 0 Å². The number of amides is 2. The first-order chi connectivity index (χ1) is 22.4. The largest absolute Gasteiger partial charge is 0.497 e. The first kappa shape index (κ1) is 34.6. The van der Waals surface area contributed by atoms with Gasteiger partial charge in [-0.2, -0.15) is 0 Å². The van der Waals surface area contributed by atoms with Crippen LogP contribution in [0.15, 0.2) is 78.9 Å². The molecule has 244 valence electrons. The molecule has 0 bridgehead atoms. The third-order valence-corrected chi connectivity index (χ3v) is 8.49. The van der Waals surface area contributed by atoms with Crippen LogP contribution in [0.25, 0.3) is 0 Å². The molecule has 4 rings (SSSR count). The monoisotopic (exact) mass is 626 g/mol. The molecule has 46 heavy (non-hydrogen) atoms. The van der Waals surface area contributed by atoms with E-state index in [0.717, 1.165) is 41.0 Å². The van der Waals surface area contributed by atoms with Gasteiger partial charge in [-0.25, -0.2) is 0 Å². The van der Waals surface area contributed by atoms with Gasteiger partial charge >= 0.3 is 0 Å². The first-order valence-electron chi connectivity index (χ1n) is 16.1. The average molecular weight is 627 g/mol. The van der Waals surface area contributed by atoms with Gasteiger partial charge in [-0.15, -0.1) is 12.3 Å². The van der Waals surface area contributed by atoms with Gasteiger partial charge in [0.25, 0.3) is 0 Å². The number of benzene rings is 3. The average Bonchev–Trinajstić information content (AvgIpc) is 3.48. The van der Waals surface area contributed by atoms with Crippen LogP contribution in [-0.2, 0) is 19.9 Å². The Balaban J connectivity index is 1.48. The van der Waals surface area contributed by atoms with Crippen LogP contribution in [0.5, 0.6) is 11.5 Å². The standard InChI is InChI=1S/C38H46N2O6/c1-4-5-8-15-36(42)39-25-12-7-11-16-37(43)40-27-33(41)26-32(40)28-46-38(29-13-9-6-10-14-29,30-17-21-34(44-2)22-18-30)31-19-23-35(45-3)24-20-31/h1,6,9-10,13-14,17-24,32-33,41H,5,7-8,11-12,15-16,25-28H2,2-3H3,(H,39,42)/t32?,33-/m1/s1. The fourth-order valence-electron chi connectivity index (χ4n) is 6.04. The van der Waals surface area contributed by atoms with E-state index in [1.807, 2.05) is 78.9 Å². The number of rotatable bonds is 17. The van der Waals surface area contributed by atoms with Crippen molar-refractivity contribution in [2.75, 3.05) is 33.9 Å². The molecule has 1 saturated heterocycles. The van der Waals surface area contributed by atoms with Gasteiger partial charge in [0.1, 0.15) is 17.1 Å². The van der Waals surface area contributed by atoms with Crippen LogP contribution < -0.4 is 14.8 Å². The lowest BCUT2D eigenvalue weighted by Gasteiger charge is -2.38. The summed E-state index contributed by atoms with van der Waals surface area (Å²) in [4.78, 5) is 27.1. The Morgan fingerprint density at radius 3 is 2.07 bits per heavy atom. The highest BCUT2D eigenvalue weighted by atomic mass is 16.5. The third kappa shape index (κ3) is 8.90. The van der Waals surface area contributed by atoms with E-state index >= 15 is 0 Å². The second kappa shape index (κ2) is 17.4. The number of nitrogens with zero attached hydrogens (tertiary/aromatic N) is 1. The molecule has 1 heterocycles. The van der Waals surface area contributed by atoms with Gasteiger partial charge in [-0.1, -0.05) is 61.0 Å². The Bertz CT molecular complexity index is 1370. The lowest BCUT2D eigenvalue weighted by Crippen LogP contribution is -2.42. The molecule has 2 N–H and O–H groups in total. The number of aliphatic hydroxyl groups is 1. The molecular weight excluding hydrogens is 580 g/mol. The molecule has 2 amide bonds. The second-order valence-corrected chi connectivity index (χ2v) is 11.6. The molecule has 0 aromatic heterocycles. The molecule has 1 aliphatic heterocycles. The molecule has 0 radical (unpaired) electrons. The van der Waals surface area contributed by atoms with Crippen molar-refractivity contribution in [2.24, 2.45) is 0 Å². The van der Waals surface area contributed by atoms with Crippen LogP contribution in [0, 0.1) is 12.3 Å². The number of methoxy groups -OCH3 is 2. The predicted octanol–water partition coefficient (Wildman–Crippen LogP) is 5.45. The predicted molar refractivity (Wildman–Crippen MR) is 179 cm³/mol. The Morgan fingerprint density at radius 2 is 1.48 bits per heavy atom. The quantitative estimate of drug-likeness (QED) is 0.118. The minimum Gasteiger partial charge on any atom is -0.497 e. The van der Waals surface area contributed by atoms with Crippen molar-refractivity contribution >= 4 is 11.8 Å². The van der Waals surface area contributed by atoms with Crippen molar-refractivity contribution in [1.82, 2.24) is 10.2 Å². The molecule has 1 aliphatic rings. The summed E-state index contributed by atoms with van der Waals surface area (Å²) in [6.45, 7) is 1.09. The van der Waals surface area contributed by atoms with E-state index in [0.29, 0.717) is 45.1 Å². The first-order valence-corrected chi connectivity index (χ1v) is 16.1. The van der Waals surface area contributed by atoms with Crippen molar-refractivity contribution < 1.29 is 28.9 Å². The van der Waals surface area contributed by atoms with Gasteiger partial charge in [0.2, 0.25) is 11.8 Å². The van der Waals surface area contributed by atoms with Crippen LogP contribution in [0.1, 0.15) is 68.1 Å². The minimum absolute atomic E-state index is 0.00248. The minimum atomic E-state index is -1.01. The van der Waals surface area contributed by atoms with Crippen molar-refractivity contribution in [3.05, 3.63) is 95.6 Å². The zero-order valence-electron chi connectivity index (χ0n) is 27.0. The molecular formula is C38H46N2O6. The number of nitrogens with one attached hydrogen (secondary N) is 1. The smallest absolute Gasteiger partial charge is 0.222 e. The van der Waals surface area contributed by atoms with Crippen LogP contribution in [0.2, 0.25) is 0 Å². The number of hydrogen-bond acceptors (Lipinski definition) is 6. The number of carbonyl (C=O) groups excluding carboxylic acids is 2. The molecule has 2 atom stereocenters. The van der Waals surface area contributed by atoms with Gasteiger partial charge in [0.15, 0.2) is 0 Å². The molecule has 8 nitrogen and oxygen atoms in total. The summed E-state index contributed by atoms with van der Waals surface area (Å²) in [7, 11) is 3.27. The van der Waals surface area contributed by atoms with Crippen molar-refractivity contribution in [1.29, 1.82) is 0 Å². The molecule has 3 aromatic carbocycles. The summed E-state index contributed by atoms with van der Waals surface area (Å²) in [5.74, 6) is 4.03. The molecule has 3 aromatic rings. The van der Waals surface area contributed by atoms with E-state index in [1.54, 1.807) is 19.1 Å². The lowest BCUT2D eigenvalue weighted by atomic mass is 9.80. The summed E-state index contributed by atoms with van der Waals surface area (Å²) in [5.41, 5.74) is 1.74. The zero-order valence-corrected chi connectivity index (χ0v) is 27.0. The summed E-state index contributed by atoms with van der Waals surface area (Å²) in [5, 5.41) is 13.6. The second-order valence-electron chi connectivity index (χ2n) is 11.6. The van der Waals surface area contributed by atoms with Gasteiger partial charge in [-0.05, 0) is 66.6 Å². The summed E-state index contributed by atoms with van der Waals surface area (Å²) >= 11 is 0. The topological polar surface area (TPSA) is 97.3 Å². The summed E-state index contributed by atoms with van der Waals surface area (Å²) < 4.78 is 17.9. The SMILES string of the molecule is C#CCCCC(=O)NCCCCCC(=O)N1C[C@H](O)CC1COC(c1ccccc1)(c1ccc(OC)cc1)c1ccc(OC)cc1. The summed E-state index contributed by atoms with van der Waals surface area (Å²) in [6.07, 6.45) is 9.49. The highest BCUT2D eigenvalue weighted by molar-refractivity contribution is 5.77. The normalized spacial score (nSPS) is 16.1. The Labute approximate surface area is 273 Å². The maximum Gasteiger partial charge on any atom is 0.222 e. The Kier molecular flexibility index (Phi) is 13.1. The van der Waals surface area contributed by atoms with Gasteiger partial charge in [0.05, 0.1) is 33.0 Å². The zero-order chi connectivity index (χ0) is 32.8. The van der Waals surface area contributed by atoms with Gasteiger partial charge < -0.3 is 29.5 Å². The van der Waals surface area contributed by atoms with Crippen LogP contribution in [0.3, 0.4) is 0 Å². The number of carbonyl (C=O) groups is 2. The van der Waals surface area contributed by atoms with E-state index in [4.69, 9.17) is 20.6 Å². The fraction of sp³-hybridized carbons (Fsp3) is 0.421. The maximum absolute atomic E-state index is 13.4. The number of unbranched alkanes of at least 4 members (excludes halogenated alkanes) is 3. The summed E-state index contributed by atoms with van der Waals surface area (Å²) in [6, 6.07) is 25.4. The maximum atomic E-state index is 13.4. The number of terminal acetylenes is 1. The number of β-amino-alcohol motifs (C(OH)–C–C–N with tert-alkyl or cyclic N) is 1. The molecule has 0 aliphatic carbocycles. The van der Waals surface area contributed by atoms with E-state index in [9.17, 15) is 14.7 Å². The number of aliphatic hydroxyl groups excluding tert-OH is 1.